The van der Waals surface area contributed by atoms with E-state index in [-0.39, 0.29) is 0 Å². The Kier molecular flexibility index (Phi) is 7.81. The van der Waals surface area contributed by atoms with Gasteiger partial charge in [0.2, 0.25) is 0 Å². The number of hydrogen-bond acceptors (Lipinski definition) is 3. The maximum absolute atomic E-state index is 5.62. The molecule has 1 rings (SSSR count). The van der Waals surface area contributed by atoms with E-state index < -0.39 is 0 Å². The highest BCUT2D eigenvalue weighted by Crippen LogP contribution is 2.26. The van der Waals surface area contributed by atoms with Crippen molar-refractivity contribution in [3.63, 3.8) is 0 Å². The molecule has 0 heterocycles. The first-order valence-corrected chi connectivity index (χ1v) is 6.62. The normalized spacial score (nSPS) is 25.9. The van der Waals surface area contributed by atoms with Crippen LogP contribution in [-0.2, 0) is 9.47 Å². The maximum Gasteiger partial charge on any atom is 0.0487 e. The molecule has 0 aliphatic heterocycles. The number of rotatable bonds is 8. The lowest BCUT2D eigenvalue weighted by Crippen LogP contribution is -2.36. The summed E-state index contributed by atoms with van der Waals surface area (Å²) >= 11 is 0. The van der Waals surface area contributed by atoms with Crippen molar-refractivity contribution in [3.8, 4) is 0 Å². The molecule has 1 aliphatic rings. The summed E-state index contributed by atoms with van der Waals surface area (Å²) in [4.78, 5) is 0. The zero-order chi connectivity index (χ0) is 11.6. The molecule has 0 saturated heterocycles. The Balaban J connectivity index is 2.02. The Morgan fingerprint density at radius 3 is 2.69 bits per heavy atom. The lowest BCUT2D eigenvalue weighted by Gasteiger charge is -2.31. The van der Waals surface area contributed by atoms with E-state index in [0.717, 1.165) is 38.2 Å². The minimum atomic E-state index is 0.719. The van der Waals surface area contributed by atoms with Crippen LogP contribution in [0.4, 0.5) is 0 Å². The highest BCUT2D eigenvalue weighted by molar-refractivity contribution is 4.79. The van der Waals surface area contributed by atoms with Crippen LogP contribution in [0.2, 0.25) is 0 Å². The first-order chi connectivity index (χ1) is 7.88. The van der Waals surface area contributed by atoms with Crippen LogP contribution < -0.4 is 5.32 Å². The zero-order valence-corrected chi connectivity index (χ0v) is 10.8. The van der Waals surface area contributed by atoms with Crippen LogP contribution in [0.1, 0.15) is 38.5 Å². The number of nitrogens with one attached hydrogen (secondary N) is 1. The van der Waals surface area contributed by atoms with E-state index in [1.807, 2.05) is 0 Å². The van der Waals surface area contributed by atoms with Gasteiger partial charge in [0.15, 0.2) is 0 Å². The van der Waals surface area contributed by atoms with Crippen molar-refractivity contribution in [1.82, 2.24) is 5.32 Å². The third kappa shape index (κ3) is 5.28. The van der Waals surface area contributed by atoms with Gasteiger partial charge in [-0.15, -0.1) is 0 Å². The fourth-order valence-corrected chi connectivity index (χ4v) is 2.58. The molecule has 3 nitrogen and oxygen atoms in total. The number of hydrogen-bond donors (Lipinski definition) is 1. The van der Waals surface area contributed by atoms with Crippen molar-refractivity contribution in [3.05, 3.63) is 0 Å². The van der Waals surface area contributed by atoms with Crippen molar-refractivity contribution in [2.45, 2.75) is 44.6 Å². The molecular formula is C13H27NO2. The van der Waals surface area contributed by atoms with Gasteiger partial charge < -0.3 is 14.8 Å². The monoisotopic (exact) mass is 229 g/mol. The molecule has 0 radical (unpaired) electrons. The molecule has 2 atom stereocenters. The average Bonchev–Trinajstić information content (AvgIpc) is 2.34. The second-order valence-corrected chi connectivity index (χ2v) is 4.69. The van der Waals surface area contributed by atoms with Crippen LogP contribution in [0.5, 0.6) is 0 Å². The zero-order valence-electron chi connectivity index (χ0n) is 10.8. The van der Waals surface area contributed by atoms with E-state index in [9.17, 15) is 0 Å². The fourth-order valence-electron chi connectivity index (χ4n) is 2.58. The van der Waals surface area contributed by atoms with Crippen LogP contribution in [0.25, 0.3) is 0 Å². The molecule has 0 aromatic heterocycles. The summed E-state index contributed by atoms with van der Waals surface area (Å²) in [5.74, 6) is 0.821. The molecule has 0 aromatic rings. The fraction of sp³-hybridized carbons (Fsp3) is 1.00. The first-order valence-electron chi connectivity index (χ1n) is 6.62. The van der Waals surface area contributed by atoms with Gasteiger partial charge >= 0.3 is 0 Å². The molecule has 0 spiro atoms. The minimum absolute atomic E-state index is 0.719. The van der Waals surface area contributed by atoms with E-state index in [4.69, 9.17) is 9.47 Å². The van der Waals surface area contributed by atoms with Crippen molar-refractivity contribution in [1.29, 1.82) is 0 Å². The van der Waals surface area contributed by atoms with E-state index in [1.54, 1.807) is 7.11 Å². The van der Waals surface area contributed by atoms with Gasteiger partial charge in [-0.3, -0.25) is 0 Å². The van der Waals surface area contributed by atoms with Gasteiger partial charge in [0.1, 0.15) is 0 Å². The summed E-state index contributed by atoms with van der Waals surface area (Å²) < 4.78 is 10.6. The van der Waals surface area contributed by atoms with Crippen molar-refractivity contribution in [2.75, 3.05) is 34.0 Å². The van der Waals surface area contributed by atoms with Gasteiger partial charge in [-0.25, -0.2) is 0 Å². The molecular weight excluding hydrogens is 202 g/mol. The van der Waals surface area contributed by atoms with E-state index in [1.165, 1.54) is 32.1 Å². The summed E-state index contributed by atoms with van der Waals surface area (Å²) in [6.07, 6.45) is 7.70. The Morgan fingerprint density at radius 1 is 1.12 bits per heavy atom. The lowest BCUT2D eigenvalue weighted by atomic mass is 9.83. The van der Waals surface area contributed by atoms with Crippen LogP contribution in [0.15, 0.2) is 0 Å². The van der Waals surface area contributed by atoms with E-state index >= 15 is 0 Å². The molecule has 0 aromatic carbocycles. The largest absolute Gasteiger partial charge is 0.385 e. The molecule has 1 N–H and O–H groups in total. The second-order valence-electron chi connectivity index (χ2n) is 4.69. The number of ether oxygens (including phenoxy) is 2. The number of methoxy groups -OCH3 is 1. The first kappa shape index (κ1) is 13.9. The Morgan fingerprint density at radius 2 is 1.94 bits per heavy atom. The van der Waals surface area contributed by atoms with Gasteiger partial charge in [0, 0.05) is 33.0 Å². The Bertz CT molecular complexity index is 164. The molecule has 1 saturated carbocycles. The molecule has 0 bridgehead atoms. The lowest BCUT2D eigenvalue weighted by molar-refractivity contribution is 0.0854. The third-order valence-electron chi connectivity index (χ3n) is 3.55. The summed E-state index contributed by atoms with van der Waals surface area (Å²) in [6.45, 7) is 2.56. The minimum Gasteiger partial charge on any atom is -0.385 e. The average molecular weight is 229 g/mol. The Labute approximate surface area is 99.9 Å². The van der Waals surface area contributed by atoms with E-state index in [0.29, 0.717) is 0 Å². The third-order valence-corrected chi connectivity index (χ3v) is 3.55. The maximum atomic E-state index is 5.62. The molecule has 16 heavy (non-hydrogen) atoms. The summed E-state index contributed by atoms with van der Waals surface area (Å²) in [7, 11) is 3.82. The molecule has 1 fully saturated rings. The van der Waals surface area contributed by atoms with Gasteiger partial charge in [-0.05, 0) is 38.6 Å². The molecule has 3 heteroatoms. The van der Waals surface area contributed by atoms with Crippen LogP contribution in [-0.4, -0.2) is 40.0 Å². The SMILES string of the molecule is CNC1CCCCC1CCOCCCOC. The standard InChI is InChI=1S/C13H27NO2/c1-14-13-7-4-3-6-12(13)8-11-16-10-5-9-15-2/h12-14H,3-11H2,1-2H3. The van der Waals surface area contributed by atoms with Gasteiger partial charge in [0.05, 0.1) is 0 Å². The van der Waals surface area contributed by atoms with Gasteiger partial charge in [0.25, 0.3) is 0 Å². The van der Waals surface area contributed by atoms with Crippen molar-refractivity contribution >= 4 is 0 Å². The molecule has 1 aliphatic carbocycles. The predicted molar refractivity (Wildman–Crippen MR) is 66.7 cm³/mol. The van der Waals surface area contributed by atoms with Crippen molar-refractivity contribution < 1.29 is 9.47 Å². The molecule has 96 valence electrons. The van der Waals surface area contributed by atoms with Crippen LogP contribution in [0, 0.1) is 5.92 Å². The quantitative estimate of drug-likeness (QED) is 0.647. The Hall–Kier alpha value is -0.120. The highest BCUT2D eigenvalue weighted by Gasteiger charge is 2.22. The van der Waals surface area contributed by atoms with E-state index in [2.05, 4.69) is 12.4 Å². The predicted octanol–water partition coefficient (Wildman–Crippen LogP) is 2.21. The van der Waals surface area contributed by atoms with Crippen LogP contribution >= 0.6 is 0 Å². The van der Waals surface area contributed by atoms with Crippen LogP contribution in [0.3, 0.4) is 0 Å². The topological polar surface area (TPSA) is 30.5 Å². The highest BCUT2D eigenvalue weighted by atomic mass is 16.5. The summed E-state index contributed by atoms with van der Waals surface area (Å²) in [6, 6.07) is 0.719. The van der Waals surface area contributed by atoms with Gasteiger partial charge in [-0.1, -0.05) is 12.8 Å². The van der Waals surface area contributed by atoms with Gasteiger partial charge in [-0.2, -0.15) is 0 Å². The second kappa shape index (κ2) is 8.97. The molecule has 0 amide bonds. The van der Waals surface area contributed by atoms with Crippen molar-refractivity contribution in [2.24, 2.45) is 5.92 Å². The summed E-state index contributed by atoms with van der Waals surface area (Å²) in [5, 5.41) is 3.44. The summed E-state index contributed by atoms with van der Waals surface area (Å²) in [5.41, 5.74) is 0. The molecule has 2 unspecified atom stereocenters. The smallest absolute Gasteiger partial charge is 0.0487 e.